The van der Waals surface area contributed by atoms with Crippen LogP contribution in [0.25, 0.3) is 0 Å². The minimum absolute atomic E-state index is 0.414. The number of likely N-dealkylation sites (N-methyl/N-ethyl adjacent to an activating group) is 1. The molecule has 1 fully saturated rings. The van der Waals surface area contributed by atoms with Gasteiger partial charge in [-0.3, -0.25) is 0 Å². The molecular formula is C15H22F2N2O. The highest BCUT2D eigenvalue weighted by Crippen LogP contribution is 2.17. The van der Waals surface area contributed by atoms with Crippen LogP contribution < -0.4 is 0 Å². The van der Waals surface area contributed by atoms with E-state index in [1.807, 2.05) is 11.9 Å². The molecule has 3 nitrogen and oxygen atoms in total. The van der Waals surface area contributed by atoms with Crippen molar-refractivity contribution in [2.24, 2.45) is 0 Å². The summed E-state index contributed by atoms with van der Waals surface area (Å²) in [6.07, 6.45) is 1.73. The smallest absolute Gasteiger partial charge is 0.159 e. The fraction of sp³-hybridized carbons (Fsp3) is 0.600. The predicted octanol–water partition coefficient (Wildman–Crippen LogP) is 2.03. The molecule has 2 rings (SSSR count). The Morgan fingerprint density at radius 1 is 1.25 bits per heavy atom. The summed E-state index contributed by atoms with van der Waals surface area (Å²) in [6, 6.07) is 3.55. The average Bonchev–Trinajstić information content (AvgIpc) is 2.92. The van der Waals surface area contributed by atoms with E-state index in [2.05, 4.69) is 4.90 Å². The molecule has 1 aliphatic heterocycles. The molecule has 1 aromatic rings. The maximum absolute atomic E-state index is 13.1. The molecule has 0 bridgehead atoms. The number of halogens is 2. The largest absolute Gasteiger partial charge is 0.387 e. The zero-order valence-electron chi connectivity index (χ0n) is 11.9. The van der Waals surface area contributed by atoms with Crippen molar-refractivity contribution in [3.8, 4) is 0 Å². The molecule has 1 aliphatic rings. The quantitative estimate of drug-likeness (QED) is 0.866. The Balaban J connectivity index is 1.80. The van der Waals surface area contributed by atoms with Crippen molar-refractivity contribution in [2.75, 3.05) is 39.8 Å². The Bertz CT molecular complexity index is 436. The van der Waals surface area contributed by atoms with Crippen molar-refractivity contribution < 1.29 is 13.9 Å². The van der Waals surface area contributed by atoms with Crippen LogP contribution >= 0.6 is 0 Å². The number of benzene rings is 1. The average molecular weight is 284 g/mol. The number of nitrogens with zero attached hydrogens (tertiary/aromatic N) is 2. The van der Waals surface area contributed by atoms with E-state index < -0.39 is 17.7 Å². The van der Waals surface area contributed by atoms with Crippen LogP contribution in [0.2, 0.25) is 0 Å². The van der Waals surface area contributed by atoms with Crippen molar-refractivity contribution >= 4 is 0 Å². The van der Waals surface area contributed by atoms with E-state index in [9.17, 15) is 13.9 Å². The summed E-state index contributed by atoms with van der Waals surface area (Å²) >= 11 is 0. The van der Waals surface area contributed by atoms with E-state index in [1.165, 1.54) is 18.9 Å². The highest BCUT2D eigenvalue weighted by atomic mass is 19.2. The van der Waals surface area contributed by atoms with Gasteiger partial charge in [-0.25, -0.2) is 8.78 Å². The van der Waals surface area contributed by atoms with E-state index in [1.54, 1.807) is 0 Å². The standard InChI is InChI=1S/C15H22F2N2O/c1-18(8-9-19-6-2-3-7-19)11-15(20)12-4-5-13(16)14(17)10-12/h4-5,10,15,20H,2-3,6-9,11H2,1H3. The number of hydrogen-bond donors (Lipinski definition) is 1. The first kappa shape index (κ1) is 15.4. The summed E-state index contributed by atoms with van der Waals surface area (Å²) in [7, 11) is 1.93. The van der Waals surface area contributed by atoms with Crippen LogP contribution in [0.4, 0.5) is 8.78 Å². The van der Waals surface area contributed by atoms with Gasteiger partial charge in [-0.15, -0.1) is 0 Å². The molecule has 112 valence electrons. The Labute approximate surface area is 118 Å². The van der Waals surface area contributed by atoms with Gasteiger partial charge < -0.3 is 14.9 Å². The molecule has 0 spiro atoms. The number of hydrogen-bond acceptors (Lipinski definition) is 3. The first-order chi connectivity index (χ1) is 9.56. The lowest BCUT2D eigenvalue weighted by molar-refractivity contribution is 0.120. The van der Waals surface area contributed by atoms with Crippen molar-refractivity contribution in [1.82, 2.24) is 9.80 Å². The van der Waals surface area contributed by atoms with Crippen LogP contribution in [0.1, 0.15) is 24.5 Å². The lowest BCUT2D eigenvalue weighted by Gasteiger charge is -2.23. The maximum Gasteiger partial charge on any atom is 0.159 e. The van der Waals surface area contributed by atoms with Crippen LogP contribution in [0.5, 0.6) is 0 Å². The molecule has 0 amide bonds. The summed E-state index contributed by atoms with van der Waals surface area (Å²) in [4.78, 5) is 4.42. The normalized spacial score (nSPS) is 17.9. The van der Waals surface area contributed by atoms with Gasteiger partial charge in [-0.2, -0.15) is 0 Å². The Kier molecular flexibility index (Phi) is 5.46. The zero-order chi connectivity index (χ0) is 14.5. The zero-order valence-corrected chi connectivity index (χ0v) is 11.9. The van der Waals surface area contributed by atoms with Crippen LogP contribution in [-0.2, 0) is 0 Å². The SMILES string of the molecule is CN(CCN1CCCC1)CC(O)c1ccc(F)c(F)c1. The van der Waals surface area contributed by atoms with Gasteiger partial charge in [0.25, 0.3) is 0 Å². The van der Waals surface area contributed by atoms with Gasteiger partial charge in [-0.05, 0) is 50.7 Å². The maximum atomic E-state index is 13.1. The molecule has 1 saturated heterocycles. The summed E-state index contributed by atoms with van der Waals surface area (Å²) < 4.78 is 26.0. The molecule has 0 aromatic heterocycles. The monoisotopic (exact) mass is 284 g/mol. The highest BCUT2D eigenvalue weighted by Gasteiger charge is 2.15. The van der Waals surface area contributed by atoms with Gasteiger partial charge in [0.1, 0.15) is 0 Å². The predicted molar refractivity (Wildman–Crippen MR) is 74.5 cm³/mol. The minimum atomic E-state index is -0.915. The first-order valence-corrected chi connectivity index (χ1v) is 7.10. The molecule has 5 heteroatoms. The Morgan fingerprint density at radius 2 is 1.95 bits per heavy atom. The third-order valence-corrected chi connectivity index (χ3v) is 3.81. The lowest BCUT2D eigenvalue weighted by Crippen LogP contribution is -2.33. The fourth-order valence-corrected chi connectivity index (χ4v) is 2.53. The third kappa shape index (κ3) is 4.23. The van der Waals surface area contributed by atoms with Crippen LogP contribution in [0, 0.1) is 11.6 Å². The van der Waals surface area contributed by atoms with Crippen molar-refractivity contribution in [2.45, 2.75) is 18.9 Å². The Hall–Kier alpha value is -1.04. The molecule has 1 aromatic carbocycles. The van der Waals surface area contributed by atoms with E-state index in [0.29, 0.717) is 12.1 Å². The molecule has 0 radical (unpaired) electrons. The molecular weight excluding hydrogens is 262 g/mol. The minimum Gasteiger partial charge on any atom is -0.387 e. The second-order valence-corrected chi connectivity index (χ2v) is 5.50. The summed E-state index contributed by atoms with van der Waals surface area (Å²) in [5.74, 6) is -1.80. The van der Waals surface area contributed by atoms with E-state index in [0.717, 1.165) is 38.3 Å². The van der Waals surface area contributed by atoms with E-state index in [4.69, 9.17) is 0 Å². The van der Waals surface area contributed by atoms with Gasteiger partial charge in [0.15, 0.2) is 11.6 Å². The van der Waals surface area contributed by atoms with Crippen molar-refractivity contribution in [1.29, 1.82) is 0 Å². The van der Waals surface area contributed by atoms with Crippen molar-refractivity contribution in [3.63, 3.8) is 0 Å². The number of aliphatic hydroxyl groups is 1. The van der Waals surface area contributed by atoms with Crippen LogP contribution in [0.3, 0.4) is 0 Å². The molecule has 1 N–H and O–H groups in total. The lowest BCUT2D eigenvalue weighted by atomic mass is 10.1. The first-order valence-electron chi connectivity index (χ1n) is 7.10. The van der Waals surface area contributed by atoms with Crippen LogP contribution in [-0.4, -0.2) is 54.7 Å². The van der Waals surface area contributed by atoms with Gasteiger partial charge >= 0.3 is 0 Å². The number of likely N-dealkylation sites (tertiary alicyclic amines) is 1. The summed E-state index contributed by atoms with van der Waals surface area (Å²) in [5, 5.41) is 10.1. The Morgan fingerprint density at radius 3 is 2.60 bits per heavy atom. The fourth-order valence-electron chi connectivity index (χ4n) is 2.53. The van der Waals surface area contributed by atoms with Gasteiger partial charge in [0.05, 0.1) is 6.10 Å². The van der Waals surface area contributed by atoms with Gasteiger partial charge in [-0.1, -0.05) is 6.07 Å². The molecule has 1 unspecified atom stereocenters. The summed E-state index contributed by atoms with van der Waals surface area (Å²) in [6.45, 7) is 4.57. The highest BCUT2D eigenvalue weighted by molar-refractivity contribution is 5.20. The topological polar surface area (TPSA) is 26.7 Å². The van der Waals surface area contributed by atoms with Crippen LogP contribution in [0.15, 0.2) is 18.2 Å². The van der Waals surface area contributed by atoms with Crippen molar-refractivity contribution in [3.05, 3.63) is 35.4 Å². The summed E-state index contributed by atoms with van der Waals surface area (Å²) in [5.41, 5.74) is 0.414. The second-order valence-electron chi connectivity index (χ2n) is 5.50. The number of rotatable bonds is 6. The third-order valence-electron chi connectivity index (χ3n) is 3.81. The van der Waals surface area contributed by atoms with Gasteiger partial charge in [0.2, 0.25) is 0 Å². The van der Waals surface area contributed by atoms with E-state index >= 15 is 0 Å². The molecule has 0 aliphatic carbocycles. The van der Waals surface area contributed by atoms with Gasteiger partial charge in [0, 0.05) is 19.6 Å². The molecule has 20 heavy (non-hydrogen) atoms. The molecule has 0 saturated carbocycles. The number of aliphatic hydroxyl groups excluding tert-OH is 1. The second kappa shape index (κ2) is 7.11. The van der Waals surface area contributed by atoms with E-state index in [-0.39, 0.29) is 0 Å². The molecule has 1 heterocycles. The molecule has 1 atom stereocenters.